The van der Waals surface area contributed by atoms with Crippen LogP contribution in [-0.2, 0) is 32.0 Å². The van der Waals surface area contributed by atoms with E-state index in [1.54, 1.807) is 44.2 Å². The quantitative estimate of drug-likeness (QED) is 0.217. The maximum absolute atomic E-state index is 13.5. The van der Waals surface area contributed by atoms with Crippen molar-refractivity contribution in [3.8, 4) is 0 Å². The molecule has 242 valence electrons. The summed E-state index contributed by atoms with van der Waals surface area (Å²) in [6.07, 6.45) is -6.87. The third kappa shape index (κ3) is 8.12. The average molecular weight is 649 g/mol. The van der Waals surface area contributed by atoms with Crippen LogP contribution in [0.4, 0.5) is 29.3 Å². The topological polar surface area (TPSA) is 151 Å². The normalized spacial score (nSPS) is 17.5. The molecular formula is C31H35F3N4O6S. The van der Waals surface area contributed by atoms with Gasteiger partial charge in [0, 0.05) is 17.9 Å². The highest BCUT2D eigenvalue weighted by atomic mass is 32.2. The fourth-order valence-electron chi connectivity index (χ4n) is 5.05. The minimum absolute atomic E-state index is 0.0483. The van der Waals surface area contributed by atoms with Crippen molar-refractivity contribution in [3.63, 3.8) is 0 Å². The Morgan fingerprint density at radius 1 is 1.07 bits per heavy atom. The summed E-state index contributed by atoms with van der Waals surface area (Å²) in [7, 11) is -3.90. The number of nitrogen functional groups attached to an aromatic ring is 1. The van der Waals surface area contributed by atoms with E-state index in [4.69, 9.17) is 10.5 Å². The number of carbonyl (C=O) groups excluding carboxylic acids is 2. The zero-order valence-corrected chi connectivity index (χ0v) is 25.4. The number of hydrogen-bond donors (Lipinski definition) is 4. The van der Waals surface area contributed by atoms with Gasteiger partial charge in [-0.1, -0.05) is 50.2 Å². The molecule has 0 bridgehead atoms. The highest BCUT2D eigenvalue weighted by molar-refractivity contribution is 7.92. The van der Waals surface area contributed by atoms with Crippen molar-refractivity contribution in [2.24, 2.45) is 5.92 Å². The molecule has 10 nitrogen and oxygen atoms in total. The highest BCUT2D eigenvalue weighted by Crippen LogP contribution is 2.33. The summed E-state index contributed by atoms with van der Waals surface area (Å²) < 4.78 is 71.9. The molecule has 0 aromatic heterocycles. The molecule has 1 aliphatic heterocycles. The van der Waals surface area contributed by atoms with E-state index in [-0.39, 0.29) is 23.5 Å². The third-order valence-corrected chi connectivity index (χ3v) is 9.70. The van der Waals surface area contributed by atoms with Gasteiger partial charge in [-0.2, -0.15) is 13.2 Å². The van der Waals surface area contributed by atoms with Gasteiger partial charge in [0.15, 0.2) is 15.9 Å². The van der Waals surface area contributed by atoms with Gasteiger partial charge in [0.2, 0.25) is 5.91 Å². The van der Waals surface area contributed by atoms with Crippen LogP contribution in [0.15, 0.2) is 83.8 Å². The van der Waals surface area contributed by atoms with Crippen molar-refractivity contribution in [3.05, 3.63) is 90.0 Å². The van der Waals surface area contributed by atoms with Crippen LogP contribution in [0, 0.1) is 5.92 Å². The number of halogens is 3. The minimum atomic E-state index is -4.68. The molecule has 5 N–H and O–H groups in total. The second-order valence-corrected chi connectivity index (χ2v) is 13.1. The van der Waals surface area contributed by atoms with Gasteiger partial charge in [-0.05, 0) is 60.4 Å². The summed E-state index contributed by atoms with van der Waals surface area (Å²) in [4.78, 5) is 27.0. The van der Waals surface area contributed by atoms with Gasteiger partial charge in [0.1, 0.15) is 12.0 Å². The Kier molecular flexibility index (Phi) is 10.4. The summed E-state index contributed by atoms with van der Waals surface area (Å²) in [6.45, 7) is 2.75. The number of rotatable bonds is 12. The predicted octanol–water partition coefficient (Wildman–Crippen LogP) is 3.75. The van der Waals surface area contributed by atoms with Crippen molar-refractivity contribution in [2.75, 3.05) is 23.8 Å². The lowest BCUT2D eigenvalue weighted by Crippen LogP contribution is -2.55. The molecule has 0 spiro atoms. The fraction of sp³-hybridized carbons (Fsp3) is 0.355. The summed E-state index contributed by atoms with van der Waals surface area (Å²) in [6, 6.07) is 16.3. The van der Waals surface area contributed by atoms with Crippen LogP contribution in [-0.4, -0.2) is 62.2 Å². The van der Waals surface area contributed by atoms with Gasteiger partial charge >= 0.3 is 12.3 Å². The molecule has 0 radical (unpaired) electrons. The number of nitrogens with zero attached hydrogens (tertiary/aromatic N) is 1. The van der Waals surface area contributed by atoms with Crippen LogP contribution in [0.5, 0.6) is 0 Å². The Morgan fingerprint density at radius 3 is 2.36 bits per heavy atom. The molecule has 3 aromatic rings. The van der Waals surface area contributed by atoms with Crippen molar-refractivity contribution < 1.29 is 41.0 Å². The maximum Gasteiger partial charge on any atom is 0.416 e. The number of hydrogen-bond acceptors (Lipinski definition) is 8. The molecule has 45 heavy (non-hydrogen) atoms. The Labute approximate surface area is 259 Å². The van der Waals surface area contributed by atoms with Crippen LogP contribution in [0.25, 0.3) is 0 Å². The first-order chi connectivity index (χ1) is 21.2. The number of anilines is 2. The summed E-state index contributed by atoms with van der Waals surface area (Å²) in [5.41, 5.74) is 5.67. The number of nitrogens with one attached hydrogen (secondary N) is 2. The molecule has 2 amide bonds. The van der Waals surface area contributed by atoms with Crippen LogP contribution in [0.3, 0.4) is 0 Å². The predicted molar refractivity (Wildman–Crippen MR) is 162 cm³/mol. The van der Waals surface area contributed by atoms with E-state index in [9.17, 15) is 36.3 Å². The lowest BCUT2D eigenvalue weighted by Gasteiger charge is -2.30. The number of sulfone groups is 1. The molecule has 4 atom stereocenters. The maximum atomic E-state index is 13.5. The van der Waals surface area contributed by atoms with Crippen molar-refractivity contribution in [1.29, 1.82) is 0 Å². The third-order valence-electron chi connectivity index (χ3n) is 7.39. The van der Waals surface area contributed by atoms with Crippen molar-refractivity contribution >= 4 is 33.2 Å². The Balaban J connectivity index is 1.55. The summed E-state index contributed by atoms with van der Waals surface area (Å²) in [5.74, 6) is -1.18. The minimum Gasteiger partial charge on any atom is -0.446 e. The fourth-order valence-corrected chi connectivity index (χ4v) is 6.89. The lowest BCUT2D eigenvalue weighted by atomic mass is 10.00. The zero-order valence-electron chi connectivity index (χ0n) is 24.6. The molecule has 3 aromatic carbocycles. The number of cyclic esters (lactones) is 1. The van der Waals surface area contributed by atoms with Gasteiger partial charge in [-0.15, -0.1) is 0 Å². The number of ether oxygens (including phenoxy) is 1. The van der Waals surface area contributed by atoms with Gasteiger partial charge in [0.25, 0.3) is 0 Å². The smallest absolute Gasteiger partial charge is 0.416 e. The number of alkyl halides is 3. The Bertz CT molecular complexity index is 1590. The molecule has 4 rings (SSSR count). The van der Waals surface area contributed by atoms with E-state index in [2.05, 4.69) is 10.6 Å². The van der Waals surface area contributed by atoms with Gasteiger partial charge in [-0.3, -0.25) is 15.0 Å². The van der Waals surface area contributed by atoms with E-state index in [1.165, 1.54) is 30.3 Å². The van der Waals surface area contributed by atoms with Gasteiger partial charge < -0.3 is 20.9 Å². The van der Waals surface area contributed by atoms with E-state index >= 15 is 0 Å². The lowest BCUT2D eigenvalue weighted by molar-refractivity contribution is -0.137. The first-order valence-corrected chi connectivity index (χ1v) is 15.7. The van der Waals surface area contributed by atoms with Crippen molar-refractivity contribution in [1.82, 2.24) is 10.6 Å². The summed E-state index contributed by atoms with van der Waals surface area (Å²) >= 11 is 0. The molecule has 2 unspecified atom stereocenters. The second kappa shape index (κ2) is 13.9. The summed E-state index contributed by atoms with van der Waals surface area (Å²) in [5, 5.41) is 15.8. The Hall–Kier alpha value is -4.14. The number of carbonyl (C=O) groups is 2. The van der Waals surface area contributed by atoms with Crippen LogP contribution >= 0.6 is 0 Å². The van der Waals surface area contributed by atoms with Crippen LogP contribution in [0.2, 0.25) is 0 Å². The second-order valence-electron chi connectivity index (χ2n) is 11.1. The molecule has 1 aliphatic rings. The largest absolute Gasteiger partial charge is 0.446 e. The zero-order chi connectivity index (χ0) is 32.9. The number of aliphatic hydroxyl groups excluding tert-OH is 1. The van der Waals surface area contributed by atoms with Crippen LogP contribution < -0.4 is 21.3 Å². The number of nitrogens with two attached hydrogens (primary N) is 1. The molecule has 0 saturated carbocycles. The van der Waals surface area contributed by atoms with E-state index in [0.717, 1.165) is 28.7 Å². The number of amides is 2. The van der Waals surface area contributed by atoms with Gasteiger partial charge in [-0.25, -0.2) is 13.2 Å². The number of aliphatic hydroxyl groups is 1. The average Bonchev–Trinajstić information content (AvgIpc) is 3.38. The van der Waals surface area contributed by atoms with E-state index in [1.807, 2.05) is 0 Å². The van der Waals surface area contributed by atoms with E-state index < -0.39 is 69.7 Å². The highest BCUT2D eigenvalue weighted by Gasteiger charge is 2.42. The van der Waals surface area contributed by atoms with Crippen LogP contribution in [0.1, 0.15) is 25.0 Å². The Morgan fingerprint density at radius 2 is 1.73 bits per heavy atom. The monoisotopic (exact) mass is 648 g/mol. The first-order valence-electron chi connectivity index (χ1n) is 14.2. The molecule has 14 heteroatoms. The molecular weight excluding hydrogens is 613 g/mol. The van der Waals surface area contributed by atoms with E-state index in [0.29, 0.717) is 5.69 Å². The molecule has 1 fully saturated rings. The molecule has 1 saturated heterocycles. The standard InChI is InChI=1S/C31H35F3N4O6S/c1-19(2)29(45(42,43)24-13-11-22(35)12-14-24)36-17-27(39)25(15-20-7-4-3-5-8-20)37-28(40)26-18-44-30(41)38(26)23-10-6-9-21(16-23)31(32,33)34/h3-14,16,19,25-27,29,36,39H,15,17-18,35H2,1-2H3,(H,37,40)/t25-,26?,27+,29?/m0/s1. The molecule has 0 aliphatic carbocycles. The SMILES string of the molecule is CC(C)C(NC[C@@H](O)[C@H](Cc1ccccc1)NC(=O)C1COC(=O)N1c1cccc(C(F)(F)F)c1)S(=O)(=O)c1ccc(N)cc1. The first kappa shape index (κ1) is 33.7. The number of benzene rings is 3. The van der Waals surface area contributed by atoms with Gasteiger partial charge in [0.05, 0.1) is 22.6 Å². The molecule has 1 heterocycles. The van der Waals surface area contributed by atoms with Crippen molar-refractivity contribution in [2.45, 2.75) is 54.9 Å².